The van der Waals surface area contributed by atoms with Gasteiger partial charge in [-0.05, 0) is 17.5 Å². The summed E-state index contributed by atoms with van der Waals surface area (Å²) >= 11 is 0. The normalized spacial score (nSPS) is 23.6. The quantitative estimate of drug-likeness (QED) is 0.908. The number of benzene rings is 2. The van der Waals surface area contributed by atoms with Gasteiger partial charge in [0, 0.05) is 18.5 Å². The van der Waals surface area contributed by atoms with Crippen LogP contribution in [0.1, 0.15) is 29.5 Å². The molecule has 98 valence electrons. The molecule has 1 aliphatic heterocycles. The average Bonchev–Trinajstić information content (AvgIpc) is 2.93. The van der Waals surface area contributed by atoms with Crippen LogP contribution in [0.2, 0.25) is 0 Å². The van der Waals surface area contributed by atoms with E-state index in [0.717, 1.165) is 13.0 Å². The van der Waals surface area contributed by atoms with Gasteiger partial charge in [0.15, 0.2) is 0 Å². The standard InChI is InChI=1S/C17H19NO/c19-13-18-12-11-16(14-7-3-1-4-8-14)17(18)15-9-5-2-6-10-15/h1-10,16-17,19H,11-13H2/t16-,17+/m1/s1. The van der Waals surface area contributed by atoms with Crippen LogP contribution in [-0.2, 0) is 0 Å². The fourth-order valence-electron chi connectivity index (χ4n) is 3.16. The molecule has 2 heteroatoms. The fraction of sp³-hybridized carbons (Fsp3) is 0.294. The molecule has 0 spiro atoms. The van der Waals surface area contributed by atoms with Crippen molar-refractivity contribution in [3.63, 3.8) is 0 Å². The number of likely N-dealkylation sites (tertiary alicyclic amines) is 1. The van der Waals surface area contributed by atoms with E-state index in [1.807, 2.05) is 6.07 Å². The van der Waals surface area contributed by atoms with Crippen LogP contribution in [0.4, 0.5) is 0 Å². The molecular formula is C17H19NO. The lowest BCUT2D eigenvalue weighted by molar-refractivity contribution is 0.0928. The molecule has 0 aliphatic carbocycles. The molecule has 0 saturated carbocycles. The highest BCUT2D eigenvalue weighted by atomic mass is 16.3. The molecule has 1 fully saturated rings. The van der Waals surface area contributed by atoms with Crippen LogP contribution in [0.25, 0.3) is 0 Å². The maximum atomic E-state index is 9.59. The SMILES string of the molecule is OCN1CC[C@H](c2ccccc2)[C@@H]1c1ccccc1. The molecule has 1 aliphatic rings. The molecule has 1 heterocycles. The molecule has 2 atom stereocenters. The Hall–Kier alpha value is -1.64. The van der Waals surface area contributed by atoms with E-state index in [0.29, 0.717) is 5.92 Å². The van der Waals surface area contributed by atoms with Crippen LogP contribution in [0.5, 0.6) is 0 Å². The van der Waals surface area contributed by atoms with Crippen molar-refractivity contribution in [1.82, 2.24) is 4.90 Å². The minimum Gasteiger partial charge on any atom is -0.381 e. The van der Waals surface area contributed by atoms with Gasteiger partial charge < -0.3 is 5.11 Å². The van der Waals surface area contributed by atoms with Gasteiger partial charge in [0.2, 0.25) is 0 Å². The summed E-state index contributed by atoms with van der Waals surface area (Å²) in [5.41, 5.74) is 2.66. The highest BCUT2D eigenvalue weighted by Gasteiger charge is 2.35. The van der Waals surface area contributed by atoms with E-state index in [9.17, 15) is 5.11 Å². The molecule has 2 aromatic rings. The number of hydrogen-bond donors (Lipinski definition) is 1. The number of aliphatic hydroxyl groups excluding tert-OH is 1. The smallest absolute Gasteiger partial charge is 0.0961 e. The Balaban J connectivity index is 1.96. The van der Waals surface area contributed by atoms with Crippen LogP contribution >= 0.6 is 0 Å². The van der Waals surface area contributed by atoms with Gasteiger partial charge in [0.05, 0.1) is 6.73 Å². The number of rotatable bonds is 3. The second-order valence-corrected chi connectivity index (χ2v) is 5.12. The molecule has 1 saturated heterocycles. The zero-order valence-corrected chi connectivity index (χ0v) is 10.9. The Labute approximate surface area is 114 Å². The highest BCUT2D eigenvalue weighted by Crippen LogP contribution is 2.43. The maximum absolute atomic E-state index is 9.59. The van der Waals surface area contributed by atoms with Gasteiger partial charge in [-0.15, -0.1) is 0 Å². The third-order valence-electron chi connectivity index (χ3n) is 4.05. The van der Waals surface area contributed by atoms with Crippen molar-refractivity contribution in [3.8, 4) is 0 Å². The van der Waals surface area contributed by atoms with Gasteiger partial charge in [-0.2, -0.15) is 0 Å². The van der Waals surface area contributed by atoms with E-state index in [-0.39, 0.29) is 12.8 Å². The van der Waals surface area contributed by atoms with E-state index < -0.39 is 0 Å². The zero-order valence-electron chi connectivity index (χ0n) is 10.9. The summed E-state index contributed by atoms with van der Waals surface area (Å²) < 4.78 is 0. The first-order valence-electron chi connectivity index (χ1n) is 6.85. The molecule has 19 heavy (non-hydrogen) atoms. The Bertz CT molecular complexity index is 511. The van der Waals surface area contributed by atoms with Gasteiger partial charge in [0.1, 0.15) is 0 Å². The molecular weight excluding hydrogens is 234 g/mol. The lowest BCUT2D eigenvalue weighted by Crippen LogP contribution is -2.26. The van der Waals surface area contributed by atoms with Crippen LogP contribution < -0.4 is 0 Å². The molecule has 2 aromatic carbocycles. The van der Waals surface area contributed by atoms with Crippen molar-refractivity contribution in [2.24, 2.45) is 0 Å². The van der Waals surface area contributed by atoms with Gasteiger partial charge in [-0.3, -0.25) is 4.90 Å². The van der Waals surface area contributed by atoms with Crippen molar-refractivity contribution in [2.45, 2.75) is 18.4 Å². The van der Waals surface area contributed by atoms with E-state index in [1.165, 1.54) is 11.1 Å². The Morgan fingerprint density at radius 3 is 2.05 bits per heavy atom. The van der Waals surface area contributed by atoms with Crippen molar-refractivity contribution in [2.75, 3.05) is 13.3 Å². The first kappa shape index (κ1) is 12.4. The van der Waals surface area contributed by atoms with Crippen LogP contribution in [0.15, 0.2) is 60.7 Å². The molecule has 0 amide bonds. The fourth-order valence-corrected chi connectivity index (χ4v) is 3.16. The first-order chi connectivity index (χ1) is 9.40. The van der Waals surface area contributed by atoms with Gasteiger partial charge >= 0.3 is 0 Å². The van der Waals surface area contributed by atoms with Crippen molar-refractivity contribution < 1.29 is 5.11 Å². The minimum absolute atomic E-state index is 0.128. The third kappa shape index (κ3) is 2.42. The van der Waals surface area contributed by atoms with E-state index in [2.05, 4.69) is 59.5 Å². The molecule has 0 unspecified atom stereocenters. The summed E-state index contributed by atoms with van der Waals surface area (Å²) in [5.74, 6) is 0.468. The monoisotopic (exact) mass is 253 g/mol. The molecule has 3 rings (SSSR count). The van der Waals surface area contributed by atoms with Gasteiger partial charge in [-0.1, -0.05) is 60.7 Å². The topological polar surface area (TPSA) is 23.5 Å². The summed E-state index contributed by atoms with van der Waals surface area (Å²) in [4.78, 5) is 2.16. The molecule has 0 aromatic heterocycles. The second kappa shape index (κ2) is 5.55. The van der Waals surface area contributed by atoms with Crippen LogP contribution in [0, 0.1) is 0 Å². The zero-order chi connectivity index (χ0) is 13.1. The highest BCUT2D eigenvalue weighted by molar-refractivity contribution is 5.29. The van der Waals surface area contributed by atoms with Gasteiger partial charge in [-0.25, -0.2) is 0 Å². The summed E-state index contributed by atoms with van der Waals surface area (Å²) in [6.07, 6.45) is 1.10. The minimum atomic E-state index is 0.128. The van der Waals surface area contributed by atoms with E-state index in [4.69, 9.17) is 0 Å². The Morgan fingerprint density at radius 1 is 0.895 bits per heavy atom. The van der Waals surface area contributed by atoms with Crippen LogP contribution in [0.3, 0.4) is 0 Å². The maximum Gasteiger partial charge on any atom is 0.0961 e. The summed E-state index contributed by atoms with van der Waals surface area (Å²) in [7, 11) is 0. The predicted molar refractivity (Wildman–Crippen MR) is 76.8 cm³/mol. The van der Waals surface area contributed by atoms with Crippen LogP contribution in [-0.4, -0.2) is 23.3 Å². The largest absolute Gasteiger partial charge is 0.381 e. The van der Waals surface area contributed by atoms with E-state index in [1.54, 1.807) is 0 Å². The summed E-state index contributed by atoms with van der Waals surface area (Å²) in [5, 5.41) is 9.59. The summed E-state index contributed by atoms with van der Waals surface area (Å²) in [6, 6.07) is 21.4. The number of hydrogen-bond acceptors (Lipinski definition) is 2. The molecule has 0 bridgehead atoms. The third-order valence-corrected chi connectivity index (χ3v) is 4.05. The van der Waals surface area contributed by atoms with E-state index >= 15 is 0 Å². The Morgan fingerprint density at radius 2 is 1.47 bits per heavy atom. The number of aliphatic hydroxyl groups is 1. The first-order valence-corrected chi connectivity index (χ1v) is 6.85. The molecule has 0 radical (unpaired) electrons. The predicted octanol–water partition coefficient (Wildman–Crippen LogP) is 3.17. The van der Waals surface area contributed by atoms with Crippen molar-refractivity contribution >= 4 is 0 Å². The molecule has 1 N–H and O–H groups in total. The van der Waals surface area contributed by atoms with Crippen molar-refractivity contribution in [3.05, 3.63) is 71.8 Å². The second-order valence-electron chi connectivity index (χ2n) is 5.12. The molecule has 2 nitrogen and oxygen atoms in total. The Kier molecular flexibility index (Phi) is 3.62. The lowest BCUT2D eigenvalue weighted by atomic mass is 9.88. The number of nitrogens with zero attached hydrogens (tertiary/aromatic N) is 1. The summed E-state index contributed by atoms with van der Waals surface area (Å²) in [6.45, 7) is 1.08. The van der Waals surface area contributed by atoms with Gasteiger partial charge in [0.25, 0.3) is 0 Å². The average molecular weight is 253 g/mol. The van der Waals surface area contributed by atoms with Crippen molar-refractivity contribution in [1.29, 1.82) is 0 Å². The lowest BCUT2D eigenvalue weighted by Gasteiger charge is -2.27.